The average molecular weight is 601 g/mol. The van der Waals surface area contributed by atoms with Gasteiger partial charge in [-0.25, -0.2) is 18.1 Å². The van der Waals surface area contributed by atoms with Crippen LogP contribution in [0.4, 0.5) is 15.8 Å². The van der Waals surface area contributed by atoms with Gasteiger partial charge in [0, 0.05) is 30.0 Å². The molecule has 4 rings (SSSR count). The van der Waals surface area contributed by atoms with Gasteiger partial charge in [-0.05, 0) is 29.2 Å². The van der Waals surface area contributed by atoms with Crippen LogP contribution in [0.25, 0.3) is 10.9 Å². The summed E-state index contributed by atoms with van der Waals surface area (Å²) in [6.45, 7) is 6.16. The van der Waals surface area contributed by atoms with E-state index in [-0.39, 0.29) is 21.7 Å². The minimum absolute atomic E-state index is 0.0192. The number of carbonyl (C=O) groups is 1. The van der Waals surface area contributed by atoms with Crippen molar-refractivity contribution >= 4 is 49.8 Å². The van der Waals surface area contributed by atoms with Gasteiger partial charge < -0.3 is 10.6 Å². The molecule has 0 saturated heterocycles. The third-order valence-corrected chi connectivity index (χ3v) is 6.41. The molecule has 4 aromatic rings. The number of anilines is 2. The summed E-state index contributed by atoms with van der Waals surface area (Å²) in [5, 5.41) is 24.8. The fourth-order valence-electron chi connectivity index (χ4n) is 3.79. The van der Waals surface area contributed by atoms with E-state index in [0.29, 0.717) is 34.4 Å². The lowest BCUT2D eigenvalue weighted by atomic mass is 9.96. The van der Waals surface area contributed by atoms with Crippen LogP contribution in [0.2, 0.25) is 5.02 Å². The molecular formula is C26H27ClFN9O3S. The first-order valence-corrected chi connectivity index (χ1v) is 14.4. The summed E-state index contributed by atoms with van der Waals surface area (Å²) in [6.07, 6.45) is 4.70. The van der Waals surface area contributed by atoms with Gasteiger partial charge in [0.2, 0.25) is 16.0 Å². The summed E-state index contributed by atoms with van der Waals surface area (Å²) in [6, 6.07) is 5.83. The number of carbonyl (C=O) groups excluding carboxylic acids is 1. The SMILES string of the molecule is [2H]C(Nc1cc(Cl)c2ncc(C#N)c(NCC(C)(C)C)c2c1)(c1ccc(F)nc1)c1cn(CC(=O)NS(C)(=O)=O)nn1. The van der Waals surface area contributed by atoms with Crippen molar-refractivity contribution in [3.05, 3.63) is 70.6 Å². The van der Waals surface area contributed by atoms with Crippen LogP contribution in [0.1, 0.15) is 45.0 Å². The van der Waals surface area contributed by atoms with Crippen LogP contribution in [0.5, 0.6) is 0 Å². The summed E-state index contributed by atoms with van der Waals surface area (Å²) in [7, 11) is -3.79. The molecule has 0 aliphatic heterocycles. The summed E-state index contributed by atoms with van der Waals surface area (Å²) >= 11 is 6.61. The molecule has 15 heteroatoms. The van der Waals surface area contributed by atoms with E-state index in [4.69, 9.17) is 11.6 Å². The molecule has 3 N–H and O–H groups in total. The highest BCUT2D eigenvalue weighted by atomic mass is 35.5. The Morgan fingerprint density at radius 2 is 2.02 bits per heavy atom. The third kappa shape index (κ3) is 7.65. The van der Waals surface area contributed by atoms with Crippen molar-refractivity contribution in [1.82, 2.24) is 29.7 Å². The Hall–Kier alpha value is -4.35. The van der Waals surface area contributed by atoms with Crippen LogP contribution >= 0.6 is 11.6 Å². The molecule has 3 heterocycles. The van der Waals surface area contributed by atoms with Crippen molar-refractivity contribution in [2.45, 2.75) is 33.3 Å². The van der Waals surface area contributed by atoms with Crippen LogP contribution < -0.4 is 15.4 Å². The second-order valence-corrected chi connectivity index (χ2v) is 12.6. The van der Waals surface area contributed by atoms with Gasteiger partial charge in [-0.2, -0.15) is 9.65 Å². The van der Waals surface area contributed by atoms with Gasteiger partial charge in [0.15, 0.2) is 0 Å². The highest BCUT2D eigenvalue weighted by Crippen LogP contribution is 2.35. The van der Waals surface area contributed by atoms with E-state index >= 15 is 0 Å². The van der Waals surface area contributed by atoms with E-state index in [2.05, 4.69) is 37.0 Å². The summed E-state index contributed by atoms with van der Waals surface area (Å²) in [4.78, 5) is 20.1. The zero-order chi connectivity index (χ0) is 30.9. The fraction of sp³-hybridized carbons (Fsp3) is 0.308. The van der Waals surface area contributed by atoms with Crippen molar-refractivity contribution in [3.8, 4) is 6.07 Å². The average Bonchev–Trinajstić information content (AvgIpc) is 3.34. The Morgan fingerprint density at radius 3 is 2.66 bits per heavy atom. The highest BCUT2D eigenvalue weighted by Gasteiger charge is 2.22. The quantitative estimate of drug-likeness (QED) is 0.241. The Labute approximate surface area is 242 Å². The number of halogens is 2. The summed E-state index contributed by atoms with van der Waals surface area (Å²) in [5.74, 6) is -1.63. The van der Waals surface area contributed by atoms with Gasteiger partial charge in [-0.1, -0.05) is 43.7 Å². The van der Waals surface area contributed by atoms with Crippen molar-refractivity contribution in [2.75, 3.05) is 23.4 Å². The molecule has 1 unspecified atom stereocenters. The molecule has 41 heavy (non-hydrogen) atoms. The maximum Gasteiger partial charge on any atom is 0.255 e. The number of rotatable bonds is 9. The van der Waals surface area contributed by atoms with Gasteiger partial charge in [0.25, 0.3) is 5.91 Å². The van der Waals surface area contributed by atoms with Gasteiger partial charge in [0.1, 0.15) is 18.3 Å². The number of nitrogens with one attached hydrogen (secondary N) is 3. The monoisotopic (exact) mass is 600 g/mol. The predicted octanol–water partition coefficient (Wildman–Crippen LogP) is 3.62. The van der Waals surface area contributed by atoms with E-state index in [1.807, 2.05) is 25.5 Å². The molecule has 1 atom stereocenters. The van der Waals surface area contributed by atoms with E-state index in [0.717, 1.165) is 23.2 Å². The molecule has 0 bridgehead atoms. The smallest absolute Gasteiger partial charge is 0.255 e. The molecule has 0 fully saturated rings. The van der Waals surface area contributed by atoms with Crippen LogP contribution in [0.3, 0.4) is 0 Å². The van der Waals surface area contributed by atoms with Gasteiger partial charge in [-0.15, -0.1) is 5.10 Å². The standard InChI is InChI=1S/C26H27ClFN9O3S/c1-26(2,3)14-32-23-16(9-29)11-31-25-18(23)7-17(8-19(25)27)33-24(15-5-6-21(28)30-10-15)20-12-37(36-34-20)13-22(38)35-41(4,39)40/h5-8,10-12,24,33H,13-14H2,1-4H3,(H,31,32)(H,35,38)/i24D. The first kappa shape index (κ1) is 28.2. The molecular weight excluding hydrogens is 573 g/mol. The maximum absolute atomic E-state index is 13.7. The molecule has 0 aliphatic rings. The minimum atomic E-state index is -3.79. The number of nitrogens with zero attached hydrogens (tertiary/aromatic N) is 6. The molecule has 3 aromatic heterocycles. The van der Waals surface area contributed by atoms with Crippen molar-refractivity contribution in [1.29, 1.82) is 5.26 Å². The van der Waals surface area contributed by atoms with Gasteiger partial charge in [0.05, 0.1) is 41.6 Å². The van der Waals surface area contributed by atoms with E-state index in [9.17, 15) is 24.2 Å². The number of hydrogen-bond donors (Lipinski definition) is 3. The molecule has 0 radical (unpaired) electrons. The summed E-state index contributed by atoms with van der Waals surface area (Å²) in [5.41, 5.74) is 1.61. The second kappa shape index (κ2) is 11.6. The van der Waals surface area contributed by atoms with Crippen molar-refractivity contribution in [2.24, 2.45) is 5.41 Å². The van der Waals surface area contributed by atoms with E-state index in [1.54, 1.807) is 12.1 Å². The predicted molar refractivity (Wildman–Crippen MR) is 152 cm³/mol. The Kier molecular flexibility index (Phi) is 8.00. The van der Waals surface area contributed by atoms with Crippen molar-refractivity contribution < 1.29 is 19.0 Å². The normalized spacial score (nSPS) is 13.6. The molecule has 1 amide bonds. The molecule has 12 nitrogen and oxygen atoms in total. The molecule has 0 saturated carbocycles. The first-order chi connectivity index (χ1) is 19.6. The lowest BCUT2D eigenvalue weighted by Crippen LogP contribution is -2.32. The number of hydrogen-bond acceptors (Lipinski definition) is 10. The van der Waals surface area contributed by atoms with Gasteiger partial charge >= 0.3 is 0 Å². The number of sulfonamides is 1. The fourth-order valence-corrected chi connectivity index (χ4v) is 4.54. The molecule has 214 valence electrons. The first-order valence-electron chi connectivity index (χ1n) is 12.7. The Bertz CT molecular complexity index is 1800. The number of fused-ring (bicyclic) bond motifs is 1. The van der Waals surface area contributed by atoms with Crippen LogP contribution in [-0.4, -0.2) is 52.1 Å². The maximum atomic E-state index is 13.7. The van der Waals surface area contributed by atoms with Crippen LogP contribution in [0, 0.1) is 22.7 Å². The number of benzene rings is 1. The number of amides is 1. The van der Waals surface area contributed by atoms with Crippen LogP contribution in [0.15, 0.2) is 42.9 Å². The lowest BCUT2D eigenvalue weighted by Gasteiger charge is -2.22. The molecule has 0 spiro atoms. The number of pyridine rings is 2. The van der Waals surface area contributed by atoms with Crippen LogP contribution in [-0.2, 0) is 21.4 Å². The van der Waals surface area contributed by atoms with Crippen molar-refractivity contribution in [3.63, 3.8) is 0 Å². The minimum Gasteiger partial charge on any atom is -0.383 e. The topological polar surface area (TPSA) is 168 Å². The van der Waals surface area contributed by atoms with Gasteiger partial charge in [-0.3, -0.25) is 14.5 Å². The lowest BCUT2D eigenvalue weighted by molar-refractivity contribution is -0.120. The Morgan fingerprint density at radius 1 is 1.27 bits per heavy atom. The largest absolute Gasteiger partial charge is 0.383 e. The molecule has 1 aromatic carbocycles. The number of aromatic nitrogens is 5. The zero-order valence-electron chi connectivity index (χ0n) is 23.5. The van der Waals surface area contributed by atoms with E-state index < -0.39 is 34.4 Å². The van der Waals surface area contributed by atoms with E-state index in [1.165, 1.54) is 18.5 Å². The number of nitriles is 1. The Balaban J connectivity index is 1.80. The zero-order valence-corrected chi connectivity index (χ0v) is 24.1. The highest BCUT2D eigenvalue weighted by molar-refractivity contribution is 7.89. The summed E-state index contributed by atoms with van der Waals surface area (Å²) < 4.78 is 48.8. The molecule has 0 aliphatic carbocycles. The second-order valence-electron chi connectivity index (χ2n) is 10.4. The third-order valence-electron chi connectivity index (χ3n) is 5.53.